The summed E-state index contributed by atoms with van der Waals surface area (Å²) in [5, 5.41) is -0.503. The van der Waals surface area contributed by atoms with Crippen molar-refractivity contribution < 1.29 is 8.42 Å². The van der Waals surface area contributed by atoms with Crippen LogP contribution in [0, 0.1) is 0 Å². The summed E-state index contributed by atoms with van der Waals surface area (Å²) in [6.45, 7) is 0. The van der Waals surface area contributed by atoms with Crippen molar-refractivity contribution in [3.05, 3.63) is 66.2 Å². The molecule has 1 fully saturated rings. The minimum Gasteiger partial charge on any atom is -0.326 e. The summed E-state index contributed by atoms with van der Waals surface area (Å²) < 4.78 is 25.0. The molecule has 0 amide bonds. The van der Waals surface area contributed by atoms with Crippen LogP contribution < -0.4 is 5.73 Å². The molecule has 0 saturated heterocycles. The standard InChI is InChI=1S/C15H15NO2S/c16-14-13(11-7-3-1-4-8-11)15(14)19(17,18)12-9-5-2-6-10-12/h1-10,13-15H,16H2/t13-,14-,15-/m0/s1. The van der Waals surface area contributed by atoms with Gasteiger partial charge in [-0.2, -0.15) is 0 Å². The molecule has 3 nitrogen and oxygen atoms in total. The van der Waals surface area contributed by atoms with Gasteiger partial charge in [-0.3, -0.25) is 0 Å². The molecule has 0 aliphatic heterocycles. The lowest BCUT2D eigenvalue weighted by atomic mass is 10.1. The molecular formula is C15H15NO2S. The highest BCUT2D eigenvalue weighted by molar-refractivity contribution is 7.92. The van der Waals surface area contributed by atoms with Crippen molar-refractivity contribution >= 4 is 9.84 Å². The van der Waals surface area contributed by atoms with E-state index in [9.17, 15) is 8.42 Å². The van der Waals surface area contributed by atoms with Crippen LogP contribution in [0.3, 0.4) is 0 Å². The zero-order valence-corrected chi connectivity index (χ0v) is 11.1. The van der Waals surface area contributed by atoms with E-state index in [1.807, 2.05) is 30.3 Å². The molecule has 2 aromatic rings. The Bertz CT molecular complexity index is 668. The van der Waals surface area contributed by atoms with Gasteiger partial charge in [0.05, 0.1) is 10.1 Å². The Hall–Kier alpha value is -1.65. The average Bonchev–Trinajstić information content (AvgIpc) is 3.13. The molecule has 4 heteroatoms. The van der Waals surface area contributed by atoms with Crippen LogP contribution in [0.25, 0.3) is 0 Å². The predicted molar refractivity (Wildman–Crippen MR) is 74.6 cm³/mol. The fourth-order valence-corrected chi connectivity index (χ4v) is 4.63. The Morgan fingerprint density at radius 3 is 1.95 bits per heavy atom. The van der Waals surface area contributed by atoms with Crippen LogP contribution in [-0.2, 0) is 9.84 Å². The first kappa shape index (κ1) is 12.4. The fourth-order valence-electron chi connectivity index (χ4n) is 2.56. The molecule has 0 heterocycles. The lowest BCUT2D eigenvalue weighted by Gasteiger charge is -2.03. The maximum atomic E-state index is 12.5. The highest BCUT2D eigenvalue weighted by Gasteiger charge is 2.56. The van der Waals surface area contributed by atoms with E-state index in [2.05, 4.69) is 0 Å². The summed E-state index contributed by atoms with van der Waals surface area (Å²) in [5.74, 6) is -0.0913. The van der Waals surface area contributed by atoms with E-state index in [0.29, 0.717) is 4.90 Å². The highest BCUT2D eigenvalue weighted by atomic mass is 32.2. The van der Waals surface area contributed by atoms with Gasteiger partial charge >= 0.3 is 0 Å². The Labute approximate surface area is 113 Å². The van der Waals surface area contributed by atoms with E-state index in [4.69, 9.17) is 5.73 Å². The van der Waals surface area contributed by atoms with Crippen LogP contribution in [0.5, 0.6) is 0 Å². The largest absolute Gasteiger partial charge is 0.326 e. The maximum Gasteiger partial charge on any atom is 0.183 e. The van der Waals surface area contributed by atoms with E-state index in [-0.39, 0.29) is 12.0 Å². The predicted octanol–water partition coefficient (Wildman–Crippen LogP) is 1.95. The third kappa shape index (κ3) is 2.07. The molecule has 0 bridgehead atoms. The fraction of sp³-hybridized carbons (Fsp3) is 0.200. The minimum absolute atomic E-state index is 0.0913. The quantitative estimate of drug-likeness (QED) is 0.930. The maximum absolute atomic E-state index is 12.5. The third-order valence-corrected chi connectivity index (χ3v) is 5.87. The normalized spacial score (nSPS) is 26.1. The van der Waals surface area contributed by atoms with Crippen LogP contribution in [0.1, 0.15) is 11.5 Å². The van der Waals surface area contributed by atoms with Gasteiger partial charge in [-0.15, -0.1) is 0 Å². The van der Waals surface area contributed by atoms with Gasteiger partial charge in [0.25, 0.3) is 0 Å². The monoisotopic (exact) mass is 273 g/mol. The number of benzene rings is 2. The van der Waals surface area contributed by atoms with Crippen LogP contribution in [0.2, 0.25) is 0 Å². The summed E-state index contributed by atoms with van der Waals surface area (Å²) in [4.78, 5) is 0.355. The number of sulfone groups is 1. The Morgan fingerprint density at radius 2 is 1.37 bits per heavy atom. The van der Waals surface area contributed by atoms with Gasteiger partial charge in [-0.05, 0) is 17.7 Å². The van der Waals surface area contributed by atoms with Crippen LogP contribution in [0.15, 0.2) is 65.6 Å². The number of hydrogen-bond donors (Lipinski definition) is 1. The highest BCUT2D eigenvalue weighted by Crippen LogP contribution is 2.46. The van der Waals surface area contributed by atoms with Crippen molar-refractivity contribution in [1.82, 2.24) is 0 Å². The van der Waals surface area contributed by atoms with Crippen LogP contribution in [-0.4, -0.2) is 19.7 Å². The number of nitrogens with two attached hydrogens (primary N) is 1. The summed E-state index contributed by atoms with van der Waals surface area (Å²) in [6.07, 6.45) is 0. The van der Waals surface area contributed by atoms with E-state index < -0.39 is 15.1 Å². The molecule has 0 unspecified atom stereocenters. The Balaban J connectivity index is 1.93. The minimum atomic E-state index is -3.34. The molecule has 2 N–H and O–H groups in total. The van der Waals surface area contributed by atoms with E-state index >= 15 is 0 Å². The summed E-state index contributed by atoms with van der Waals surface area (Å²) >= 11 is 0. The molecule has 1 aliphatic rings. The molecule has 98 valence electrons. The van der Waals surface area contributed by atoms with Gasteiger partial charge in [-0.1, -0.05) is 48.5 Å². The van der Waals surface area contributed by atoms with Crippen LogP contribution in [0.4, 0.5) is 0 Å². The summed E-state index contributed by atoms with van der Waals surface area (Å²) in [6, 6.07) is 17.8. The van der Waals surface area contributed by atoms with Gasteiger partial charge in [0.2, 0.25) is 0 Å². The van der Waals surface area contributed by atoms with Crippen LogP contribution >= 0.6 is 0 Å². The molecule has 19 heavy (non-hydrogen) atoms. The van der Waals surface area contributed by atoms with Gasteiger partial charge in [0.1, 0.15) is 0 Å². The second kappa shape index (κ2) is 4.47. The smallest absolute Gasteiger partial charge is 0.183 e. The average molecular weight is 273 g/mol. The molecule has 1 saturated carbocycles. The van der Waals surface area contributed by atoms with Crippen molar-refractivity contribution in [2.75, 3.05) is 0 Å². The Morgan fingerprint density at radius 1 is 0.842 bits per heavy atom. The van der Waals surface area contributed by atoms with Crippen molar-refractivity contribution in [3.63, 3.8) is 0 Å². The second-order valence-corrected chi connectivity index (χ2v) is 6.94. The molecule has 3 rings (SSSR count). The van der Waals surface area contributed by atoms with Crippen molar-refractivity contribution in [1.29, 1.82) is 0 Å². The lowest BCUT2D eigenvalue weighted by Crippen LogP contribution is -2.15. The third-order valence-electron chi connectivity index (χ3n) is 3.62. The van der Waals surface area contributed by atoms with Crippen molar-refractivity contribution in [2.45, 2.75) is 22.1 Å². The van der Waals surface area contributed by atoms with E-state index in [1.165, 1.54) is 0 Å². The van der Waals surface area contributed by atoms with Gasteiger partial charge in [-0.25, -0.2) is 8.42 Å². The first-order valence-electron chi connectivity index (χ1n) is 6.22. The molecular weight excluding hydrogens is 258 g/mol. The van der Waals surface area contributed by atoms with Gasteiger partial charge in [0, 0.05) is 12.0 Å². The SMILES string of the molecule is N[C@H]1[C@H](c2ccccc2)[C@@H]1S(=O)(=O)c1ccccc1. The second-order valence-electron chi connectivity index (χ2n) is 4.84. The molecule has 3 atom stereocenters. The zero-order chi connectivity index (χ0) is 13.5. The van der Waals surface area contributed by atoms with E-state index in [1.54, 1.807) is 30.3 Å². The van der Waals surface area contributed by atoms with Crippen molar-refractivity contribution in [2.24, 2.45) is 5.73 Å². The molecule has 1 aliphatic carbocycles. The molecule has 0 radical (unpaired) electrons. The summed E-state index contributed by atoms with van der Waals surface area (Å²) in [5.41, 5.74) is 6.99. The zero-order valence-electron chi connectivity index (χ0n) is 10.3. The number of rotatable bonds is 3. The Kier molecular flexibility index (Phi) is 2.92. The van der Waals surface area contributed by atoms with Gasteiger partial charge in [0.15, 0.2) is 9.84 Å². The first-order chi connectivity index (χ1) is 9.12. The molecule has 2 aromatic carbocycles. The first-order valence-corrected chi connectivity index (χ1v) is 7.76. The topological polar surface area (TPSA) is 60.2 Å². The molecule has 0 aromatic heterocycles. The number of hydrogen-bond acceptors (Lipinski definition) is 3. The van der Waals surface area contributed by atoms with Crippen molar-refractivity contribution in [3.8, 4) is 0 Å². The van der Waals surface area contributed by atoms with Gasteiger partial charge < -0.3 is 5.73 Å². The van der Waals surface area contributed by atoms with E-state index in [0.717, 1.165) is 5.56 Å². The summed E-state index contributed by atoms with van der Waals surface area (Å²) in [7, 11) is -3.34. The lowest BCUT2D eigenvalue weighted by molar-refractivity contribution is 0.593. The molecule has 0 spiro atoms.